The van der Waals surface area contributed by atoms with Crippen molar-refractivity contribution >= 4 is 52.2 Å². The Morgan fingerprint density at radius 2 is 1.79 bits per heavy atom. The molecule has 18 nitrogen and oxygen atoms in total. The average molecular weight is 553 g/mol. The molecule has 0 radical (unpaired) electrons. The maximum atomic E-state index is 11.9. The van der Waals surface area contributed by atoms with Crippen LogP contribution >= 0.6 is 35.2 Å². The third-order valence-corrected chi connectivity index (χ3v) is 8.52. The van der Waals surface area contributed by atoms with Crippen molar-refractivity contribution in [3.8, 4) is 0 Å². The number of aromatic nitrogens is 4. The van der Waals surface area contributed by atoms with Crippen LogP contribution < -0.4 is 5.73 Å². The van der Waals surface area contributed by atoms with Crippen molar-refractivity contribution in [2.24, 2.45) is 0 Å². The van der Waals surface area contributed by atoms with E-state index in [1.165, 1.54) is 4.57 Å². The van der Waals surface area contributed by atoms with Crippen molar-refractivity contribution in [2.45, 2.75) is 29.7 Å². The van der Waals surface area contributed by atoms with Crippen LogP contribution in [0.4, 0.5) is 5.82 Å². The quantitative estimate of drug-likeness (QED) is 0.146. The van der Waals surface area contributed by atoms with Crippen molar-refractivity contribution in [2.75, 3.05) is 18.6 Å². The van der Waals surface area contributed by atoms with Crippen LogP contribution in [0.25, 0.3) is 11.2 Å². The number of aliphatic hydroxyl groups excluding tert-OH is 2. The van der Waals surface area contributed by atoms with Crippen molar-refractivity contribution in [1.29, 1.82) is 0 Å². The summed E-state index contributed by atoms with van der Waals surface area (Å²) in [6.45, 7) is -0.962. The van der Waals surface area contributed by atoms with E-state index in [9.17, 15) is 33.7 Å². The van der Waals surface area contributed by atoms with Crippen LogP contribution in [0.3, 0.4) is 0 Å². The number of fused-ring (bicyclic) bond motifs is 1. The molecule has 1 fully saturated rings. The first-order valence-corrected chi connectivity index (χ1v) is 14.2. The highest BCUT2D eigenvalue weighted by Gasteiger charge is 2.47. The zero-order valence-corrected chi connectivity index (χ0v) is 19.8. The van der Waals surface area contributed by atoms with Crippen molar-refractivity contribution in [3.63, 3.8) is 0 Å². The first-order chi connectivity index (χ1) is 15.1. The monoisotopic (exact) mass is 553 g/mol. The van der Waals surface area contributed by atoms with E-state index in [-0.39, 0.29) is 22.1 Å². The molecule has 3 rings (SSSR count). The summed E-state index contributed by atoms with van der Waals surface area (Å²) in [5.41, 5.74) is 6.14. The molecular weight excluding hydrogens is 535 g/mol. The van der Waals surface area contributed by atoms with Gasteiger partial charge in [-0.15, -0.1) is 0 Å². The van der Waals surface area contributed by atoms with Crippen LogP contribution in [-0.2, 0) is 31.6 Å². The van der Waals surface area contributed by atoms with E-state index in [0.29, 0.717) is 0 Å². The van der Waals surface area contributed by atoms with Gasteiger partial charge in [-0.05, 0) is 6.26 Å². The van der Waals surface area contributed by atoms with E-state index in [1.54, 1.807) is 6.26 Å². The minimum Gasteiger partial charge on any atom is -0.387 e. The second-order valence-electron chi connectivity index (χ2n) is 6.33. The molecule has 6 atom stereocenters. The minimum atomic E-state index is -5.71. The predicted molar refractivity (Wildman–Crippen MR) is 107 cm³/mol. The van der Waals surface area contributed by atoms with Gasteiger partial charge in [-0.25, -0.2) is 28.6 Å². The van der Waals surface area contributed by atoms with Gasteiger partial charge in [0.2, 0.25) is 0 Å². The van der Waals surface area contributed by atoms with E-state index in [2.05, 4.69) is 28.1 Å². The highest BCUT2D eigenvalue weighted by Crippen LogP contribution is 2.66. The second-order valence-corrected chi connectivity index (χ2v) is 11.5. The smallest absolute Gasteiger partial charge is 0.387 e. The summed E-state index contributed by atoms with van der Waals surface area (Å²) in [7, 11) is -16.7. The zero-order chi connectivity index (χ0) is 24.8. The molecule has 0 amide bonds. The lowest BCUT2D eigenvalue weighted by Crippen LogP contribution is -2.33. The molecule has 22 heteroatoms. The summed E-state index contributed by atoms with van der Waals surface area (Å²) in [5.74, 6) is 0.0475. The third kappa shape index (κ3) is 6.17. The number of imidazole rings is 1. The Morgan fingerprint density at radius 1 is 1.12 bits per heavy atom. The van der Waals surface area contributed by atoms with Gasteiger partial charge in [0.1, 0.15) is 24.6 Å². The fourth-order valence-electron chi connectivity index (χ4n) is 2.83. The number of rotatable bonds is 9. The lowest BCUT2D eigenvalue weighted by Gasteiger charge is -2.19. The van der Waals surface area contributed by atoms with Gasteiger partial charge in [-0.3, -0.25) is 9.09 Å². The van der Waals surface area contributed by atoms with Crippen LogP contribution in [0.15, 0.2) is 11.5 Å². The first kappa shape index (κ1) is 26.6. The number of ether oxygens (including phenoxy) is 1. The summed E-state index contributed by atoms with van der Waals surface area (Å²) < 4.78 is 52.4. The second kappa shape index (κ2) is 9.56. The molecule has 0 aromatic carbocycles. The SMILES string of the molecule is CSc1nc2c(N)ncnc2n1C1OC(COP(=O)(O)OP(=O)(O)OP(=O)(O)O)C(O)C1O. The number of aliphatic hydroxyl groups is 2. The molecule has 0 saturated carbocycles. The molecule has 1 saturated heterocycles. The lowest BCUT2D eigenvalue weighted by atomic mass is 10.1. The van der Waals surface area contributed by atoms with Gasteiger partial charge in [0.05, 0.1) is 6.61 Å². The highest BCUT2D eigenvalue weighted by atomic mass is 32.2. The normalized spacial score (nSPS) is 27.5. The van der Waals surface area contributed by atoms with Gasteiger partial charge in [0.15, 0.2) is 28.4 Å². The molecule has 2 aromatic rings. The number of phosphoric acid groups is 3. The number of thioether (sulfide) groups is 1. The fraction of sp³-hybridized carbons (Fsp3) is 0.545. The summed E-state index contributed by atoms with van der Waals surface area (Å²) >= 11 is 1.13. The molecule has 0 spiro atoms. The molecule has 3 heterocycles. The molecule has 1 aliphatic heterocycles. The van der Waals surface area contributed by atoms with Gasteiger partial charge in [-0.1, -0.05) is 11.8 Å². The van der Waals surface area contributed by atoms with Crippen molar-refractivity contribution in [3.05, 3.63) is 6.33 Å². The summed E-state index contributed by atoms with van der Waals surface area (Å²) in [4.78, 5) is 47.9. The van der Waals surface area contributed by atoms with Crippen molar-refractivity contribution in [1.82, 2.24) is 19.5 Å². The zero-order valence-electron chi connectivity index (χ0n) is 16.3. The van der Waals surface area contributed by atoms with Gasteiger partial charge in [0.25, 0.3) is 0 Å². The Labute approximate surface area is 188 Å². The molecule has 33 heavy (non-hydrogen) atoms. The van der Waals surface area contributed by atoms with E-state index >= 15 is 0 Å². The Hall–Kier alpha value is -1.01. The molecule has 6 unspecified atom stereocenters. The van der Waals surface area contributed by atoms with Crippen LogP contribution in [0.2, 0.25) is 0 Å². The lowest BCUT2D eigenvalue weighted by molar-refractivity contribution is -0.0540. The topological polar surface area (TPSA) is 279 Å². The maximum Gasteiger partial charge on any atom is 0.490 e. The van der Waals surface area contributed by atoms with E-state index in [1.807, 2.05) is 0 Å². The van der Waals surface area contributed by atoms with Gasteiger partial charge >= 0.3 is 23.5 Å². The van der Waals surface area contributed by atoms with Gasteiger partial charge < -0.3 is 40.3 Å². The van der Waals surface area contributed by atoms with Gasteiger partial charge in [-0.2, -0.15) is 8.62 Å². The number of nitrogens with two attached hydrogens (primary N) is 1. The Kier molecular flexibility index (Phi) is 7.71. The Morgan fingerprint density at radius 3 is 2.39 bits per heavy atom. The van der Waals surface area contributed by atoms with Gasteiger partial charge in [0, 0.05) is 0 Å². The van der Waals surface area contributed by atoms with E-state index < -0.39 is 54.6 Å². The summed E-state index contributed by atoms with van der Waals surface area (Å²) in [6, 6.07) is 0. The van der Waals surface area contributed by atoms with Crippen LogP contribution in [-0.4, -0.2) is 80.5 Å². The number of nitrogen functional groups attached to an aromatic ring is 1. The fourth-order valence-corrected chi connectivity index (χ4v) is 6.43. The molecule has 1 aliphatic rings. The minimum absolute atomic E-state index is 0.0475. The van der Waals surface area contributed by atoms with Crippen LogP contribution in [0.5, 0.6) is 0 Å². The highest BCUT2D eigenvalue weighted by molar-refractivity contribution is 7.98. The number of hydrogen-bond donors (Lipinski definition) is 7. The first-order valence-electron chi connectivity index (χ1n) is 8.46. The number of nitrogens with zero attached hydrogens (tertiary/aromatic N) is 4. The van der Waals surface area contributed by atoms with Crippen LogP contribution in [0, 0.1) is 0 Å². The predicted octanol–water partition coefficient (Wildman–Crippen LogP) is -0.907. The maximum absolute atomic E-state index is 11.9. The molecule has 0 bridgehead atoms. The number of hydrogen-bond acceptors (Lipinski definition) is 14. The van der Waals surface area contributed by atoms with E-state index in [4.69, 9.17) is 20.3 Å². The largest absolute Gasteiger partial charge is 0.490 e. The third-order valence-electron chi connectivity index (χ3n) is 4.07. The molecule has 186 valence electrons. The molecule has 0 aliphatic carbocycles. The molecule has 8 N–H and O–H groups in total. The molecule has 2 aromatic heterocycles. The summed E-state index contributed by atoms with van der Waals surface area (Å²) in [6.07, 6.45) is -3.28. The van der Waals surface area contributed by atoms with E-state index in [0.717, 1.165) is 18.1 Å². The molecular formula is C11H18N5O13P3S. The Balaban J connectivity index is 1.76. The average Bonchev–Trinajstić information content (AvgIpc) is 3.16. The standard InChI is InChI=1S/C11H18N5O13P3S/c1-33-11-15-5-8(12)13-3-14-9(5)16(11)10-7(18)6(17)4(27-10)2-26-31(22,23)29-32(24,25)28-30(19,20)21/h3-4,6-7,10,17-18H,2H2,1H3,(H,22,23)(H,24,25)(H2,12,13,14)(H2,19,20,21). The Bertz CT molecular complexity index is 1170. The van der Waals surface area contributed by atoms with Crippen LogP contribution in [0.1, 0.15) is 6.23 Å². The van der Waals surface area contributed by atoms with Crippen molar-refractivity contribution < 1.29 is 61.4 Å². The summed E-state index contributed by atoms with van der Waals surface area (Å²) in [5, 5.41) is 21.1. The number of phosphoric ester groups is 1. The number of anilines is 1.